The van der Waals surface area contributed by atoms with Crippen LogP contribution in [0.2, 0.25) is 5.15 Å². The lowest BCUT2D eigenvalue weighted by Crippen LogP contribution is -2.16. The molecule has 4 aromatic rings. The summed E-state index contributed by atoms with van der Waals surface area (Å²) in [7, 11) is 0. The van der Waals surface area contributed by atoms with Crippen LogP contribution < -0.4 is 5.32 Å². The molecule has 3 heterocycles. The number of rotatable bonds is 3. The van der Waals surface area contributed by atoms with Crippen LogP contribution in [0.5, 0.6) is 0 Å². The molecule has 130 valence electrons. The fourth-order valence-corrected chi connectivity index (χ4v) is 2.62. The van der Waals surface area contributed by atoms with Gasteiger partial charge in [0.05, 0.1) is 17.4 Å². The van der Waals surface area contributed by atoms with Crippen LogP contribution in [0.1, 0.15) is 10.4 Å². The van der Waals surface area contributed by atoms with Crippen molar-refractivity contribution < 1.29 is 13.6 Å². The number of aromatic amines is 2. The molecule has 0 atom stereocenters. The molecule has 0 unspecified atom stereocenters. The monoisotopic (exact) mass is 374 g/mol. The highest BCUT2D eigenvalue weighted by Gasteiger charge is 2.20. The van der Waals surface area contributed by atoms with Crippen LogP contribution >= 0.6 is 11.6 Å². The maximum absolute atomic E-state index is 13.8. The molecule has 0 radical (unpaired) electrons. The molecule has 0 aliphatic carbocycles. The van der Waals surface area contributed by atoms with E-state index in [0.29, 0.717) is 22.0 Å². The number of anilines is 1. The largest absolute Gasteiger partial charge is 0.336 e. The van der Waals surface area contributed by atoms with Gasteiger partial charge in [0, 0.05) is 12.3 Å². The van der Waals surface area contributed by atoms with E-state index in [1.807, 2.05) is 0 Å². The molecular weight excluding hydrogens is 366 g/mol. The van der Waals surface area contributed by atoms with E-state index in [2.05, 4.69) is 30.5 Å². The van der Waals surface area contributed by atoms with Crippen molar-refractivity contribution in [3.8, 4) is 11.5 Å². The Balaban J connectivity index is 1.69. The minimum absolute atomic E-state index is 0.204. The van der Waals surface area contributed by atoms with Gasteiger partial charge >= 0.3 is 0 Å². The van der Waals surface area contributed by atoms with Gasteiger partial charge in [-0.1, -0.05) is 17.7 Å². The van der Waals surface area contributed by atoms with Crippen molar-refractivity contribution in [3.05, 3.63) is 59.0 Å². The zero-order valence-electron chi connectivity index (χ0n) is 12.8. The molecule has 7 nitrogen and oxygen atoms in total. The molecule has 0 saturated carbocycles. The van der Waals surface area contributed by atoms with Crippen LogP contribution in [-0.2, 0) is 0 Å². The van der Waals surface area contributed by atoms with E-state index >= 15 is 0 Å². The van der Waals surface area contributed by atoms with Gasteiger partial charge < -0.3 is 10.3 Å². The summed E-state index contributed by atoms with van der Waals surface area (Å²) < 4.78 is 27.5. The second-order valence-corrected chi connectivity index (χ2v) is 5.70. The van der Waals surface area contributed by atoms with Gasteiger partial charge in [-0.25, -0.2) is 18.7 Å². The number of benzene rings is 1. The van der Waals surface area contributed by atoms with Crippen LogP contribution in [0.3, 0.4) is 0 Å². The van der Waals surface area contributed by atoms with E-state index < -0.39 is 23.1 Å². The first-order valence-corrected chi connectivity index (χ1v) is 7.71. The number of carbonyl (C=O) groups excluding carboxylic acids is 1. The molecule has 0 spiro atoms. The highest BCUT2D eigenvalue weighted by molar-refractivity contribution is 6.29. The van der Waals surface area contributed by atoms with E-state index in [0.717, 1.165) is 12.1 Å². The molecule has 0 aliphatic rings. The first kappa shape index (κ1) is 16.2. The molecule has 1 amide bonds. The van der Waals surface area contributed by atoms with Gasteiger partial charge in [-0.3, -0.25) is 9.89 Å². The summed E-state index contributed by atoms with van der Waals surface area (Å²) in [5.41, 5.74) is 0.962. The van der Waals surface area contributed by atoms with Crippen molar-refractivity contribution in [3.63, 3.8) is 0 Å². The number of amides is 1. The maximum atomic E-state index is 13.8. The Morgan fingerprint density at radius 2 is 2.00 bits per heavy atom. The van der Waals surface area contributed by atoms with Gasteiger partial charge in [0.25, 0.3) is 5.91 Å². The third-order valence-corrected chi connectivity index (χ3v) is 3.84. The zero-order valence-corrected chi connectivity index (χ0v) is 13.6. The van der Waals surface area contributed by atoms with Crippen molar-refractivity contribution >= 4 is 34.2 Å². The number of fused-ring (bicyclic) bond motifs is 1. The number of imidazole rings is 1. The van der Waals surface area contributed by atoms with E-state index in [4.69, 9.17) is 11.6 Å². The van der Waals surface area contributed by atoms with E-state index in [1.165, 1.54) is 18.5 Å². The summed E-state index contributed by atoms with van der Waals surface area (Å²) in [6, 6.07) is 4.78. The van der Waals surface area contributed by atoms with Gasteiger partial charge in [-0.15, -0.1) is 0 Å². The average molecular weight is 375 g/mol. The van der Waals surface area contributed by atoms with Crippen LogP contribution in [-0.4, -0.2) is 31.1 Å². The first-order valence-electron chi connectivity index (χ1n) is 7.33. The molecule has 3 N–H and O–H groups in total. The van der Waals surface area contributed by atoms with Crippen LogP contribution in [0.4, 0.5) is 14.5 Å². The van der Waals surface area contributed by atoms with Crippen molar-refractivity contribution in [1.29, 1.82) is 0 Å². The Labute approximate surface area is 149 Å². The SMILES string of the molecule is O=C(Nc1c[nH]nc1-c1nc2cnc(Cl)cc2[nH]1)c1c(F)cccc1F. The highest BCUT2D eigenvalue weighted by atomic mass is 35.5. The van der Waals surface area contributed by atoms with Crippen molar-refractivity contribution in [1.82, 2.24) is 25.1 Å². The van der Waals surface area contributed by atoms with Crippen LogP contribution in [0, 0.1) is 11.6 Å². The van der Waals surface area contributed by atoms with Gasteiger partial charge in [-0.05, 0) is 12.1 Å². The Bertz CT molecular complexity index is 1120. The molecule has 0 saturated heterocycles. The number of nitrogens with one attached hydrogen (secondary N) is 3. The third-order valence-electron chi connectivity index (χ3n) is 3.64. The maximum Gasteiger partial charge on any atom is 0.261 e. The number of aromatic nitrogens is 5. The second-order valence-electron chi connectivity index (χ2n) is 5.31. The molecule has 10 heteroatoms. The minimum atomic E-state index is -0.961. The van der Waals surface area contributed by atoms with E-state index in [-0.39, 0.29) is 11.4 Å². The summed E-state index contributed by atoms with van der Waals surface area (Å²) in [6.07, 6.45) is 2.86. The normalized spacial score (nSPS) is 11.0. The van der Waals surface area contributed by atoms with Crippen molar-refractivity contribution in [2.24, 2.45) is 0 Å². The van der Waals surface area contributed by atoms with Crippen molar-refractivity contribution in [2.75, 3.05) is 5.32 Å². The predicted molar refractivity (Wildman–Crippen MR) is 90.8 cm³/mol. The number of pyridine rings is 1. The summed E-state index contributed by atoms with van der Waals surface area (Å²) in [4.78, 5) is 23.5. The van der Waals surface area contributed by atoms with Crippen LogP contribution in [0.25, 0.3) is 22.6 Å². The van der Waals surface area contributed by atoms with Gasteiger partial charge in [-0.2, -0.15) is 5.10 Å². The average Bonchev–Trinajstić information content (AvgIpc) is 3.20. The van der Waals surface area contributed by atoms with Gasteiger partial charge in [0.1, 0.15) is 27.9 Å². The zero-order chi connectivity index (χ0) is 18.3. The smallest absolute Gasteiger partial charge is 0.261 e. The topological polar surface area (TPSA) is 99.3 Å². The molecule has 0 aliphatic heterocycles. The molecule has 0 bridgehead atoms. The van der Waals surface area contributed by atoms with Gasteiger partial charge in [0.15, 0.2) is 11.5 Å². The molecule has 1 aromatic carbocycles. The number of hydrogen-bond donors (Lipinski definition) is 3. The predicted octanol–water partition coefficient (Wildman–Crippen LogP) is 3.53. The standard InChI is InChI=1S/C16H9ClF2N6O/c17-12-4-9-10(5-20-12)23-15(22-9)14-11(6-21-25-14)24-16(26)13-7(18)2-1-3-8(13)19/h1-6H,(H,21,25)(H,22,23)(H,24,26). The Morgan fingerprint density at radius 3 is 2.77 bits per heavy atom. The quantitative estimate of drug-likeness (QED) is 0.478. The lowest BCUT2D eigenvalue weighted by atomic mass is 10.2. The second kappa shape index (κ2) is 6.19. The van der Waals surface area contributed by atoms with E-state index in [9.17, 15) is 13.6 Å². The lowest BCUT2D eigenvalue weighted by molar-refractivity contribution is 0.101. The van der Waals surface area contributed by atoms with Crippen molar-refractivity contribution in [2.45, 2.75) is 0 Å². The van der Waals surface area contributed by atoms with Gasteiger partial charge in [0.2, 0.25) is 0 Å². The molecule has 0 fully saturated rings. The summed E-state index contributed by atoms with van der Waals surface area (Å²) in [5, 5.41) is 9.32. The number of carbonyl (C=O) groups is 1. The molecule has 4 rings (SSSR count). The Morgan fingerprint density at radius 1 is 1.23 bits per heavy atom. The number of halogens is 3. The molecule has 3 aromatic heterocycles. The lowest BCUT2D eigenvalue weighted by Gasteiger charge is -2.06. The molecule has 26 heavy (non-hydrogen) atoms. The fourth-order valence-electron chi connectivity index (χ4n) is 2.47. The highest BCUT2D eigenvalue weighted by Crippen LogP contribution is 2.26. The summed E-state index contributed by atoms with van der Waals surface area (Å²) in [6.45, 7) is 0. The first-order chi connectivity index (χ1) is 12.5. The number of hydrogen-bond acceptors (Lipinski definition) is 4. The van der Waals surface area contributed by atoms with Crippen LogP contribution in [0.15, 0.2) is 36.7 Å². The number of nitrogens with zero attached hydrogens (tertiary/aromatic N) is 3. The van der Waals surface area contributed by atoms with E-state index in [1.54, 1.807) is 6.07 Å². The fraction of sp³-hybridized carbons (Fsp3) is 0. The molecular formula is C16H9ClF2N6O. The minimum Gasteiger partial charge on any atom is -0.336 e. The third kappa shape index (κ3) is 2.78. The Kier molecular flexibility index (Phi) is 3.85. The summed E-state index contributed by atoms with van der Waals surface area (Å²) in [5.74, 6) is -2.53. The number of H-pyrrole nitrogens is 2. The Hall–Kier alpha value is -3.33. The summed E-state index contributed by atoms with van der Waals surface area (Å²) >= 11 is 5.84.